The molecule has 2 amide bonds. The normalized spacial score (nSPS) is 27.6. The molecule has 4 nitrogen and oxygen atoms in total. The summed E-state index contributed by atoms with van der Waals surface area (Å²) in [4.78, 5) is 29.5. The third-order valence-electron chi connectivity index (χ3n) is 4.73. The van der Waals surface area contributed by atoms with Crippen molar-refractivity contribution in [3.63, 3.8) is 0 Å². The van der Waals surface area contributed by atoms with E-state index in [-0.39, 0.29) is 35.9 Å². The van der Waals surface area contributed by atoms with Crippen molar-refractivity contribution in [2.24, 2.45) is 5.92 Å². The highest BCUT2D eigenvalue weighted by Gasteiger charge is 2.49. The van der Waals surface area contributed by atoms with E-state index in [4.69, 9.17) is 6.42 Å². The fourth-order valence-electron chi connectivity index (χ4n) is 3.64. The monoisotopic (exact) mass is 290 g/mol. The van der Waals surface area contributed by atoms with E-state index >= 15 is 0 Å². The summed E-state index contributed by atoms with van der Waals surface area (Å²) in [5, 5.41) is 0. The summed E-state index contributed by atoms with van der Waals surface area (Å²) in [7, 11) is 0. The quantitative estimate of drug-likeness (QED) is 0.743. The Morgan fingerprint density at radius 1 is 1.29 bits per heavy atom. The number of piperidine rings is 1. The van der Waals surface area contributed by atoms with Crippen molar-refractivity contribution in [3.8, 4) is 12.3 Å². The molecule has 2 aliphatic rings. The lowest BCUT2D eigenvalue weighted by Crippen LogP contribution is -2.68. The summed E-state index contributed by atoms with van der Waals surface area (Å²) < 4.78 is 0. The van der Waals surface area contributed by atoms with E-state index in [0.717, 1.165) is 32.2 Å². The SMILES string of the molecule is C#CCC(CC)N1C(=O)C2CCCCN2C(=O)C1C(C)C. The fraction of sp³-hybridized carbons (Fsp3) is 0.765. The zero-order chi connectivity index (χ0) is 15.6. The summed E-state index contributed by atoms with van der Waals surface area (Å²) in [6, 6.07) is -0.638. The number of nitrogens with zero attached hydrogens (tertiary/aromatic N) is 2. The number of piperazine rings is 1. The van der Waals surface area contributed by atoms with Gasteiger partial charge in [-0.1, -0.05) is 20.8 Å². The van der Waals surface area contributed by atoms with E-state index in [1.165, 1.54) is 0 Å². The van der Waals surface area contributed by atoms with Crippen LogP contribution in [0.4, 0.5) is 0 Å². The number of rotatable bonds is 4. The summed E-state index contributed by atoms with van der Waals surface area (Å²) in [6.45, 7) is 6.77. The molecule has 2 saturated heterocycles. The highest BCUT2D eigenvalue weighted by Crippen LogP contribution is 2.31. The van der Waals surface area contributed by atoms with Gasteiger partial charge in [0.25, 0.3) is 0 Å². The fourth-order valence-corrected chi connectivity index (χ4v) is 3.64. The van der Waals surface area contributed by atoms with Crippen LogP contribution in [0, 0.1) is 18.3 Å². The van der Waals surface area contributed by atoms with Gasteiger partial charge >= 0.3 is 0 Å². The molecular weight excluding hydrogens is 264 g/mol. The van der Waals surface area contributed by atoms with Crippen LogP contribution in [0.1, 0.15) is 52.9 Å². The van der Waals surface area contributed by atoms with Crippen molar-refractivity contribution in [2.75, 3.05) is 6.54 Å². The molecule has 116 valence electrons. The minimum absolute atomic E-state index is 0.0251. The number of amides is 2. The van der Waals surface area contributed by atoms with Crippen molar-refractivity contribution in [1.29, 1.82) is 0 Å². The van der Waals surface area contributed by atoms with Crippen LogP contribution in [0.3, 0.4) is 0 Å². The molecule has 0 N–H and O–H groups in total. The van der Waals surface area contributed by atoms with Crippen LogP contribution in [0.25, 0.3) is 0 Å². The molecule has 3 unspecified atom stereocenters. The molecule has 0 radical (unpaired) electrons. The Morgan fingerprint density at radius 2 is 2.00 bits per heavy atom. The lowest BCUT2D eigenvalue weighted by atomic mass is 9.88. The first kappa shape index (κ1) is 15.9. The summed E-state index contributed by atoms with van der Waals surface area (Å²) in [5.41, 5.74) is 0. The van der Waals surface area contributed by atoms with Crippen molar-refractivity contribution >= 4 is 11.8 Å². The highest BCUT2D eigenvalue weighted by molar-refractivity contribution is 5.97. The molecule has 0 aromatic heterocycles. The molecule has 0 aromatic rings. The van der Waals surface area contributed by atoms with Gasteiger partial charge in [-0.15, -0.1) is 12.3 Å². The van der Waals surface area contributed by atoms with Gasteiger partial charge in [-0.05, 0) is 31.6 Å². The molecule has 2 fully saturated rings. The summed E-state index contributed by atoms with van der Waals surface area (Å²) in [5.74, 6) is 2.99. The second-order valence-corrected chi connectivity index (χ2v) is 6.45. The number of hydrogen-bond donors (Lipinski definition) is 0. The molecular formula is C17H26N2O2. The molecule has 2 aliphatic heterocycles. The van der Waals surface area contributed by atoms with Gasteiger partial charge in [-0.3, -0.25) is 9.59 Å². The van der Waals surface area contributed by atoms with E-state index in [1.807, 2.05) is 30.6 Å². The maximum absolute atomic E-state index is 13.0. The third kappa shape index (κ3) is 2.79. The van der Waals surface area contributed by atoms with Gasteiger partial charge in [0.1, 0.15) is 12.1 Å². The average molecular weight is 290 g/mol. The van der Waals surface area contributed by atoms with Gasteiger partial charge in [0.05, 0.1) is 0 Å². The Balaban J connectivity index is 2.37. The Morgan fingerprint density at radius 3 is 2.57 bits per heavy atom. The van der Waals surface area contributed by atoms with Crippen molar-refractivity contribution in [1.82, 2.24) is 9.80 Å². The van der Waals surface area contributed by atoms with Gasteiger partial charge < -0.3 is 9.80 Å². The predicted octanol–water partition coefficient (Wildman–Crippen LogP) is 2.04. The Hall–Kier alpha value is -1.50. The number of fused-ring (bicyclic) bond motifs is 1. The smallest absolute Gasteiger partial charge is 0.246 e. The molecule has 0 saturated carbocycles. The van der Waals surface area contributed by atoms with E-state index < -0.39 is 0 Å². The molecule has 4 heteroatoms. The second-order valence-electron chi connectivity index (χ2n) is 6.45. The molecule has 0 spiro atoms. The van der Waals surface area contributed by atoms with Crippen LogP contribution in [0.15, 0.2) is 0 Å². The first-order valence-electron chi connectivity index (χ1n) is 8.09. The maximum atomic E-state index is 13.0. The van der Waals surface area contributed by atoms with Crippen LogP contribution in [-0.4, -0.2) is 46.3 Å². The third-order valence-corrected chi connectivity index (χ3v) is 4.73. The molecule has 3 atom stereocenters. The van der Waals surface area contributed by atoms with Gasteiger partial charge in [0, 0.05) is 19.0 Å². The maximum Gasteiger partial charge on any atom is 0.246 e. The van der Waals surface area contributed by atoms with Crippen molar-refractivity contribution in [2.45, 2.75) is 71.0 Å². The van der Waals surface area contributed by atoms with Crippen molar-refractivity contribution < 1.29 is 9.59 Å². The van der Waals surface area contributed by atoms with Crippen LogP contribution in [-0.2, 0) is 9.59 Å². The zero-order valence-electron chi connectivity index (χ0n) is 13.3. The molecule has 2 heterocycles. The van der Waals surface area contributed by atoms with Gasteiger partial charge in [-0.2, -0.15) is 0 Å². The number of carbonyl (C=O) groups excluding carboxylic acids is 2. The minimum atomic E-state index is -0.356. The molecule has 0 aromatic carbocycles. The average Bonchev–Trinajstić information content (AvgIpc) is 2.48. The van der Waals surface area contributed by atoms with E-state index in [9.17, 15) is 9.59 Å². The second kappa shape index (κ2) is 6.51. The zero-order valence-corrected chi connectivity index (χ0v) is 13.3. The number of carbonyl (C=O) groups is 2. The van der Waals surface area contributed by atoms with Crippen LogP contribution in [0.5, 0.6) is 0 Å². The largest absolute Gasteiger partial charge is 0.329 e. The van der Waals surface area contributed by atoms with Crippen LogP contribution in [0.2, 0.25) is 0 Å². The van der Waals surface area contributed by atoms with E-state index in [1.54, 1.807) is 0 Å². The van der Waals surface area contributed by atoms with Gasteiger partial charge in [0.15, 0.2) is 0 Å². The minimum Gasteiger partial charge on any atom is -0.329 e. The number of hydrogen-bond acceptors (Lipinski definition) is 2. The Labute approximate surface area is 127 Å². The summed E-state index contributed by atoms with van der Waals surface area (Å²) >= 11 is 0. The van der Waals surface area contributed by atoms with Crippen LogP contribution < -0.4 is 0 Å². The first-order valence-corrected chi connectivity index (χ1v) is 8.09. The van der Waals surface area contributed by atoms with E-state index in [2.05, 4.69) is 5.92 Å². The highest BCUT2D eigenvalue weighted by atomic mass is 16.2. The standard InChI is InChI=1S/C17H26N2O2/c1-5-9-13(6-2)19-15(12(3)4)17(21)18-11-8-7-10-14(18)16(19)20/h1,12-15H,6-11H2,2-4H3. The lowest BCUT2D eigenvalue weighted by Gasteiger charge is -2.50. The van der Waals surface area contributed by atoms with Gasteiger partial charge in [-0.25, -0.2) is 0 Å². The van der Waals surface area contributed by atoms with E-state index in [0.29, 0.717) is 6.42 Å². The molecule has 2 rings (SSSR count). The molecule has 21 heavy (non-hydrogen) atoms. The number of terminal acetylenes is 1. The Kier molecular flexibility index (Phi) is 4.92. The lowest BCUT2D eigenvalue weighted by molar-refractivity contribution is -0.168. The summed E-state index contributed by atoms with van der Waals surface area (Å²) in [6.07, 6.45) is 9.58. The van der Waals surface area contributed by atoms with Crippen molar-refractivity contribution in [3.05, 3.63) is 0 Å². The first-order chi connectivity index (χ1) is 10.0. The molecule has 0 aliphatic carbocycles. The predicted molar refractivity (Wildman–Crippen MR) is 82.4 cm³/mol. The molecule has 0 bridgehead atoms. The Bertz CT molecular complexity index is 452. The van der Waals surface area contributed by atoms with Crippen LogP contribution >= 0.6 is 0 Å². The topological polar surface area (TPSA) is 40.6 Å². The van der Waals surface area contributed by atoms with Gasteiger partial charge in [0.2, 0.25) is 11.8 Å².